The van der Waals surface area contributed by atoms with Crippen LogP contribution in [0.25, 0.3) is 0 Å². The lowest BCUT2D eigenvalue weighted by atomic mass is 10.2. The minimum atomic E-state index is 0.765. The van der Waals surface area contributed by atoms with Gasteiger partial charge >= 0.3 is 0 Å². The molecule has 0 saturated carbocycles. The topological polar surface area (TPSA) is 29.9 Å². The van der Waals surface area contributed by atoms with Gasteiger partial charge in [-0.25, -0.2) is 0 Å². The molecule has 0 amide bonds. The van der Waals surface area contributed by atoms with Gasteiger partial charge in [-0.05, 0) is 37.1 Å². The smallest absolute Gasteiger partial charge is 0.0575 e. The summed E-state index contributed by atoms with van der Waals surface area (Å²) in [7, 11) is 0. The van der Waals surface area contributed by atoms with Crippen LogP contribution in [0.3, 0.4) is 0 Å². The molecule has 0 fully saturated rings. The molecule has 2 rings (SSSR count). The van der Waals surface area contributed by atoms with Crippen LogP contribution in [0.4, 0.5) is 5.69 Å². The van der Waals surface area contributed by atoms with E-state index in [-0.39, 0.29) is 0 Å². The van der Waals surface area contributed by atoms with Gasteiger partial charge in [-0.3, -0.25) is 4.68 Å². The second-order valence-corrected chi connectivity index (χ2v) is 4.72. The molecule has 0 spiro atoms. The first-order valence-corrected chi connectivity index (χ1v) is 6.60. The van der Waals surface area contributed by atoms with Gasteiger partial charge in [0.15, 0.2) is 0 Å². The van der Waals surface area contributed by atoms with Crippen LogP contribution < -0.4 is 5.32 Å². The first-order chi connectivity index (χ1) is 8.72. The molecule has 1 aromatic carbocycles. The van der Waals surface area contributed by atoms with E-state index in [1.807, 2.05) is 42.1 Å². The van der Waals surface area contributed by atoms with Gasteiger partial charge in [-0.1, -0.05) is 24.6 Å². The van der Waals surface area contributed by atoms with E-state index in [1.54, 1.807) is 0 Å². The number of halogens is 1. The summed E-state index contributed by atoms with van der Waals surface area (Å²) in [4.78, 5) is 0. The summed E-state index contributed by atoms with van der Waals surface area (Å²) >= 11 is 6.10. The van der Waals surface area contributed by atoms with Gasteiger partial charge in [0.05, 0.1) is 12.2 Å². The maximum Gasteiger partial charge on any atom is 0.0575 e. The highest BCUT2D eigenvalue weighted by Crippen LogP contribution is 2.23. The summed E-state index contributed by atoms with van der Waals surface area (Å²) in [6.07, 6.45) is 2.93. The van der Waals surface area contributed by atoms with Crippen LogP contribution in [-0.4, -0.2) is 9.78 Å². The maximum atomic E-state index is 6.10. The van der Waals surface area contributed by atoms with Crippen LogP contribution in [0.1, 0.15) is 24.6 Å². The van der Waals surface area contributed by atoms with Crippen molar-refractivity contribution in [1.82, 2.24) is 9.78 Å². The van der Waals surface area contributed by atoms with Crippen molar-refractivity contribution in [2.24, 2.45) is 0 Å². The SMILES string of the molecule is CCCn1nccc1CNc1cccc(Cl)c1C. The van der Waals surface area contributed by atoms with Gasteiger partial charge < -0.3 is 5.32 Å². The van der Waals surface area contributed by atoms with E-state index in [0.29, 0.717) is 0 Å². The predicted octanol–water partition coefficient (Wildman–Crippen LogP) is 3.87. The Morgan fingerprint density at radius 1 is 1.33 bits per heavy atom. The molecule has 1 aromatic heterocycles. The van der Waals surface area contributed by atoms with Crippen LogP contribution in [0.2, 0.25) is 5.02 Å². The summed E-state index contributed by atoms with van der Waals surface area (Å²) in [5.74, 6) is 0. The number of hydrogen-bond donors (Lipinski definition) is 1. The number of anilines is 1. The summed E-state index contributed by atoms with van der Waals surface area (Å²) in [6, 6.07) is 7.95. The highest BCUT2D eigenvalue weighted by atomic mass is 35.5. The number of aryl methyl sites for hydroxylation is 1. The molecule has 0 unspecified atom stereocenters. The molecule has 1 heterocycles. The van der Waals surface area contributed by atoms with Gasteiger partial charge in [-0.2, -0.15) is 5.10 Å². The first kappa shape index (κ1) is 13.0. The number of rotatable bonds is 5. The number of hydrogen-bond acceptors (Lipinski definition) is 2. The molecule has 0 saturated heterocycles. The summed E-state index contributed by atoms with van der Waals surface area (Å²) in [5.41, 5.74) is 3.35. The Morgan fingerprint density at radius 2 is 2.17 bits per heavy atom. The van der Waals surface area contributed by atoms with Gasteiger partial charge in [-0.15, -0.1) is 0 Å². The lowest BCUT2D eigenvalue weighted by Gasteiger charge is -2.11. The van der Waals surface area contributed by atoms with Crippen molar-refractivity contribution in [3.8, 4) is 0 Å². The van der Waals surface area contributed by atoms with E-state index in [1.165, 1.54) is 5.69 Å². The quantitative estimate of drug-likeness (QED) is 0.888. The molecule has 0 aliphatic heterocycles. The molecule has 18 heavy (non-hydrogen) atoms. The fourth-order valence-electron chi connectivity index (χ4n) is 1.91. The van der Waals surface area contributed by atoms with Crippen LogP contribution in [0.5, 0.6) is 0 Å². The number of nitrogens with zero attached hydrogens (tertiary/aromatic N) is 2. The fraction of sp³-hybridized carbons (Fsp3) is 0.357. The molecular weight excluding hydrogens is 246 g/mol. The first-order valence-electron chi connectivity index (χ1n) is 6.22. The molecule has 3 nitrogen and oxygen atoms in total. The van der Waals surface area contributed by atoms with Gasteiger partial charge in [0, 0.05) is 23.5 Å². The number of benzene rings is 1. The average Bonchev–Trinajstić information content (AvgIpc) is 2.79. The Labute approximate surface area is 113 Å². The van der Waals surface area contributed by atoms with Crippen molar-refractivity contribution in [3.63, 3.8) is 0 Å². The molecule has 0 aliphatic rings. The fourth-order valence-corrected chi connectivity index (χ4v) is 2.08. The molecule has 0 radical (unpaired) electrons. The minimum absolute atomic E-state index is 0.765. The Bertz CT molecular complexity index is 520. The third-order valence-corrected chi connectivity index (χ3v) is 3.38. The maximum absolute atomic E-state index is 6.10. The summed E-state index contributed by atoms with van der Waals surface area (Å²) < 4.78 is 2.03. The highest BCUT2D eigenvalue weighted by molar-refractivity contribution is 6.31. The van der Waals surface area contributed by atoms with E-state index in [2.05, 4.69) is 17.3 Å². The number of nitrogens with one attached hydrogen (secondary N) is 1. The Hall–Kier alpha value is -1.48. The van der Waals surface area contributed by atoms with Crippen molar-refractivity contribution in [2.75, 3.05) is 5.32 Å². The van der Waals surface area contributed by atoms with Crippen molar-refractivity contribution < 1.29 is 0 Å². The molecule has 0 bridgehead atoms. The van der Waals surface area contributed by atoms with Gasteiger partial charge in [0.25, 0.3) is 0 Å². The normalized spacial score (nSPS) is 10.6. The van der Waals surface area contributed by atoms with Gasteiger partial charge in [0.1, 0.15) is 0 Å². The molecule has 0 aliphatic carbocycles. The van der Waals surface area contributed by atoms with E-state index in [9.17, 15) is 0 Å². The Morgan fingerprint density at radius 3 is 2.94 bits per heavy atom. The third kappa shape index (κ3) is 2.85. The van der Waals surface area contributed by atoms with Crippen LogP contribution in [0.15, 0.2) is 30.5 Å². The summed E-state index contributed by atoms with van der Waals surface area (Å²) in [6.45, 7) is 5.90. The van der Waals surface area contributed by atoms with Crippen molar-refractivity contribution in [1.29, 1.82) is 0 Å². The molecule has 2 aromatic rings. The summed E-state index contributed by atoms with van der Waals surface area (Å²) in [5, 5.41) is 8.51. The van der Waals surface area contributed by atoms with Crippen molar-refractivity contribution in [3.05, 3.63) is 46.7 Å². The van der Waals surface area contributed by atoms with Crippen molar-refractivity contribution in [2.45, 2.75) is 33.4 Å². The second-order valence-electron chi connectivity index (χ2n) is 4.31. The van der Waals surface area contributed by atoms with Crippen LogP contribution >= 0.6 is 11.6 Å². The predicted molar refractivity (Wildman–Crippen MR) is 76.0 cm³/mol. The number of aromatic nitrogens is 2. The largest absolute Gasteiger partial charge is 0.379 e. The highest BCUT2D eigenvalue weighted by Gasteiger charge is 2.04. The standard InChI is InChI=1S/C14H18ClN3/c1-3-9-18-12(7-8-17-18)10-16-14-6-4-5-13(15)11(14)2/h4-8,16H,3,9-10H2,1-2H3. The average molecular weight is 264 g/mol. The van der Waals surface area contributed by atoms with E-state index in [0.717, 1.165) is 35.8 Å². The zero-order valence-corrected chi connectivity index (χ0v) is 11.5. The minimum Gasteiger partial charge on any atom is -0.379 e. The van der Waals surface area contributed by atoms with E-state index < -0.39 is 0 Å². The molecule has 1 N–H and O–H groups in total. The Balaban J connectivity index is 2.07. The Kier molecular flexibility index (Phi) is 4.26. The molecule has 4 heteroatoms. The van der Waals surface area contributed by atoms with Crippen LogP contribution in [-0.2, 0) is 13.1 Å². The lowest BCUT2D eigenvalue weighted by molar-refractivity contribution is 0.578. The van der Waals surface area contributed by atoms with E-state index >= 15 is 0 Å². The second kappa shape index (κ2) is 5.91. The zero-order valence-electron chi connectivity index (χ0n) is 10.8. The lowest BCUT2D eigenvalue weighted by Crippen LogP contribution is -2.09. The molecular formula is C14H18ClN3. The van der Waals surface area contributed by atoms with Crippen molar-refractivity contribution >= 4 is 17.3 Å². The molecule has 96 valence electrons. The van der Waals surface area contributed by atoms with Gasteiger partial charge in [0.2, 0.25) is 0 Å². The molecule has 0 atom stereocenters. The van der Waals surface area contributed by atoms with E-state index in [4.69, 9.17) is 11.6 Å². The zero-order chi connectivity index (χ0) is 13.0. The monoisotopic (exact) mass is 263 g/mol. The van der Waals surface area contributed by atoms with Crippen LogP contribution in [0, 0.1) is 6.92 Å². The third-order valence-electron chi connectivity index (χ3n) is 2.97.